The summed E-state index contributed by atoms with van der Waals surface area (Å²) in [6.07, 6.45) is 3.09. The zero-order valence-electron chi connectivity index (χ0n) is 20.5. The molecule has 0 aliphatic rings. The maximum Gasteiger partial charge on any atom is 0.323 e. The van der Waals surface area contributed by atoms with Gasteiger partial charge in [-0.1, -0.05) is 72.8 Å². The third-order valence-corrected chi connectivity index (χ3v) is 5.05. The van der Waals surface area contributed by atoms with Crippen LogP contribution >= 0.6 is 0 Å². The first-order valence-electron chi connectivity index (χ1n) is 11.4. The minimum Gasteiger partial charge on any atom is -0.507 e. The Morgan fingerprint density at radius 2 is 1.24 bits per heavy atom. The fourth-order valence-electron chi connectivity index (χ4n) is 3.26. The average Bonchev–Trinajstić information content (AvgIpc) is 2.93. The minimum absolute atomic E-state index is 0.116. The van der Waals surface area contributed by atoms with Crippen molar-refractivity contribution in [2.24, 2.45) is 0 Å². The Morgan fingerprint density at radius 1 is 0.730 bits per heavy atom. The van der Waals surface area contributed by atoms with Crippen molar-refractivity contribution in [2.45, 2.75) is 0 Å². The van der Waals surface area contributed by atoms with Gasteiger partial charge in [-0.15, -0.1) is 0 Å². The Hall–Kier alpha value is -5.04. The van der Waals surface area contributed by atoms with Crippen molar-refractivity contribution in [1.82, 2.24) is 0 Å². The molecule has 0 aliphatic heterocycles. The Balaban J connectivity index is 0.000000213. The van der Waals surface area contributed by atoms with E-state index in [9.17, 15) is 14.7 Å². The second-order valence-electron chi connectivity index (χ2n) is 7.64. The number of para-hydroxylation sites is 2. The lowest BCUT2D eigenvalue weighted by molar-refractivity contribution is 0.104. The van der Waals surface area contributed by atoms with Gasteiger partial charge in [0.05, 0.1) is 14.2 Å². The number of rotatable bonds is 7. The maximum absolute atomic E-state index is 12.3. The Labute approximate surface area is 216 Å². The van der Waals surface area contributed by atoms with Crippen molar-refractivity contribution in [1.29, 1.82) is 0 Å². The average molecular weight is 497 g/mol. The summed E-state index contributed by atoms with van der Waals surface area (Å²) in [5.74, 6) is 0.187. The van der Waals surface area contributed by atoms with Crippen LogP contribution in [0.4, 0.5) is 16.2 Å². The lowest BCUT2D eigenvalue weighted by atomic mass is 10.1. The van der Waals surface area contributed by atoms with Crippen LogP contribution in [0.25, 0.3) is 6.08 Å². The first kappa shape index (κ1) is 26.6. The Kier molecular flexibility index (Phi) is 9.87. The summed E-state index contributed by atoms with van der Waals surface area (Å²) in [6.45, 7) is 0. The smallest absolute Gasteiger partial charge is 0.323 e. The molecule has 0 spiro atoms. The van der Waals surface area contributed by atoms with Crippen LogP contribution in [0.1, 0.15) is 15.9 Å². The van der Waals surface area contributed by atoms with E-state index in [0.717, 1.165) is 16.9 Å². The van der Waals surface area contributed by atoms with Gasteiger partial charge in [-0.2, -0.15) is 0 Å². The highest BCUT2D eigenvalue weighted by atomic mass is 16.5. The number of carbonyl (C=O) groups is 2. The number of phenols is 1. The van der Waals surface area contributed by atoms with Crippen molar-refractivity contribution >= 4 is 29.3 Å². The Bertz CT molecular complexity index is 1280. The molecule has 0 aromatic heterocycles. The highest BCUT2D eigenvalue weighted by Crippen LogP contribution is 2.33. The standard InChI is InChI=1S/C17H16O4.C13H12N2O/c1-20-13-10-15(19)17(16(11-13)21-2)14(18)9-8-12-6-4-3-5-7-12;16-13(14-11-7-3-1-4-8-11)15-12-9-5-2-6-10-12/h3-11,19H,1-2H3;1-10H,(H2,14,15,16). The molecule has 0 atom stereocenters. The summed E-state index contributed by atoms with van der Waals surface area (Å²) in [4.78, 5) is 23.8. The molecule has 0 radical (unpaired) electrons. The van der Waals surface area contributed by atoms with E-state index >= 15 is 0 Å². The van der Waals surface area contributed by atoms with Gasteiger partial charge in [0.15, 0.2) is 5.78 Å². The van der Waals surface area contributed by atoms with Crippen LogP contribution in [0.5, 0.6) is 17.2 Å². The molecular formula is C30H28N2O5. The number of hydrogen-bond donors (Lipinski definition) is 3. The van der Waals surface area contributed by atoms with Gasteiger partial charge < -0.3 is 25.2 Å². The topological polar surface area (TPSA) is 96.9 Å². The van der Waals surface area contributed by atoms with Crippen molar-refractivity contribution in [3.63, 3.8) is 0 Å². The number of aromatic hydroxyl groups is 1. The van der Waals surface area contributed by atoms with Gasteiger partial charge in [0.25, 0.3) is 0 Å². The van der Waals surface area contributed by atoms with E-state index < -0.39 is 0 Å². The monoisotopic (exact) mass is 496 g/mol. The zero-order valence-corrected chi connectivity index (χ0v) is 20.5. The van der Waals surface area contributed by atoms with E-state index in [-0.39, 0.29) is 28.9 Å². The number of nitrogens with one attached hydrogen (secondary N) is 2. The quantitative estimate of drug-likeness (QED) is 0.197. The predicted octanol–water partition coefficient (Wildman–Crippen LogP) is 6.64. The molecule has 0 saturated heterocycles. The fraction of sp³-hybridized carbons (Fsp3) is 0.0667. The van der Waals surface area contributed by atoms with E-state index in [4.69, 9.17) is 9.47 Å². The molecule has 4 rings (SSSR count). The van der Waals surface area contributed by atoms with E-state index in [2.05, 4.69) is 10.6 Å². The van der Waals surface area contributed by atoms with E-state index in [1.165, 1.54) is 26.4 Å². The molecule has 7 nitrogen and oxygen atoms in total. The van der Waals surface area contributed by atoms with Crippen molar-refractivity contribution in [3.8, 4) is 17.2 Å². The fourth-order valence-corrected chi connectivity index (χ4v) is 3.26. The molecule has 0 heterocycles. The van der Waals surface area contributed by atoms with Crippen molar-refractivity contribution in [2.75, 3.05) is 24.9 Å². The van der Waals surface area contributed by atoms with Gasteiger partial charge in [0.2, 0.25) is 0 Å². The molecule has 0 aliphatic carbocycles. The van der Waals surface area contributed by atoms with Crippen LogP contribution in [0, 0.1) is 0 Å². The minimum atomic E-state index is -0.337. The molecule has 7 heteroatoms. The number of methoxy groups -OCH3 is 2. The van der Waals surface area contributed by atoms with Gasteiger partial charge in [-0.05, 0) is 35.9 Å². The second kappa shape index (κ2) is 13.7. The molecule has 4 aromatic carbocycles. The molecule has 37 heavy (non-hydrogen) atoms. The number of ketones is 1. The third-order valence-electron chi connectivity index (χ3n) is 5.05. The van der Waals surface area contributed by atoms with Crippen LogP contribution in [0.3, 0.4) is 0 Å². The van der Waals surface area contributed by atoms with Gasteiger partial charge in [-0.25, -0.2) is 4.79 Å². The summed E-state index contributed by atoms with van der Waals surface area (Å²) < 4.78 is 10.2. The summed E-state index contributed by atoms with van der Waals surface area (Å²) in [7, 11) is 2.91. The van der Waals surface area contributed by atoms with Gasteiger partial charge in [-0.3, -0.25) is 4.79 Å². The van der Waals surface area contributed by atoms with Crippen molar-refractivity contribution < 1.29 is 24.2 Å². The van der Waals surface area contributed by atoms with Gasteiger partial charge >= 0.3 is 6.03 Å². The molecule has 0 bridgehead atoms. The highest BCUT2D eigenvalue weighted by molar-refractivity contribution is 6.10. The molecule has 3 N–H and O–H groups in total. The molecule has 0 unspecified atom stereocenters. The molecule has 2 amide bonds. The molecule has 4 aromatic rings. The van der Waals surface area contributed by atoms with Crippen molar-refractivity contribution in [3.05, 3.63) is 120 Å². The SMILES string of the molecule is COc1cc(O)c(C(=O)C=Cc2ccccc2)c(OC)c1.O=C(Nc1ccccc1)Nc1ccccc1. The number of ether oxygens (including phenoxy) is 2. The van der Waals surface area contributed by atoms with Crippen LogP contribution in [0.15, 0.2) is 109 Å². The number of anilines is 2. The number of allylic oxidation sites excluding steroid dienone is 1. The van der Waals surface area contributed by atoms with Gasteiger partial charge in [0, 0.05) is 23.5 Å². The van der Waals surface area contributed by atoms with Crippen LogP contribution in [0.2, 0.25) is 0 Å². The summed E-state index contributed by atoms with van der Waals surface area (Å²) in [5.41, 5.74) is 2.56. The number of urea groups is 1. The maximum atomic E-state index is 12.3. The number of carbonyl (C=O) groups excluding carboxylic acids is 2. The number of hydrogen-bond acceptors (Lipinski definition) is 5. The van der Waals surface area contributed by atoms with E-state index in [0.29, 0.717) is 5.75 Å². The number of phenolic OH excluding ortho intramolecular Hbond substituents is 1. The Morgan fingerprint density at radius 3 is 1.73 bits per heavy atom. The normalized spacial score (nSPS) is 10.1. The summed E-state index contributed by atoms with van der Waals surface area (Å²) >= 11 is 0. The molecule has 0 fully saturated rings. The van der Waals surface area contributed by atoms with Crippen LogP contribution in [-0.2, 0) is 0 Å². The lowest BCUT2D eigenvalue weighted by Gasteiger charge is -2.10. The lowest BCUT2D eigenvalue weighted by Crippen LogP contribution is -2.19. The van der Waals surface area contributed by atoms with Crippen LogP contribution in [-0.4, -0.2) is 31.1 Å². The summed E-state index contributed by atoms with van der Waals surface area (Å²) in [5, 5.41) is 15.5. The third kappa shape index (κ3) is 8.29. The first-order chi connectivity index (χ1) is 18.0. The van der Waals surface area contributed by atoms with Crippen LogP contribution < -0.4 is 20.1 Å². The largest absolute Gasteiger partial charge is 0.507 e. The first-order valence-corrected chi connectivity index (χ1v) is 11.4. The second-order valence-corrected chi connectivity index (χ2v) is 7.64. The van der Waals surface area contributed by atoms with Gasteiger partial charge in [0.1, 0.15) is 22.8 Å². The zero-order chi connectivity index (χ0) is 26.5. The summed E-state index contributed by atoms with van der Waals surface area (Å²) in [6, 6.07) is 30.8. The molecule has 0 saturated carbocycles. The predicted molar refractivity (Wildman–Crippen MR) is 147 cm³/mol. The molecule has 188 valence electrons. The number of amides is 2. The number of benzene rings is 4. The van der Waals surface area contributed by atoms with E-state index in [1.807, 2.05) is 91.0 Å². The molecular weight excluding hydrogens is 468 g/mol. The highest BCUT2D eigenvalue weighted by Gasteiger charge is 2.17. The van der Waals surface area contributed by atoms with E-state index in [1.54, 1.807) is 12.1 Å².